The molecule has 0 aliphatic carbocycles. The van der Waals surface area contributed by atoms with Crippen molar-refractivity contribution in [2.24, 2.45) is 0 Å². The van der Waals surface area contributed by atoms with E-state index in [2.05, 4.69) is 31.1 Å². The summed E-state index contributed by atoms with van der Waals surface area (Å²) in [5, 5.41) is 15.4. The summed E-state index contributed by atoms with van der Waals surface area (Å²) in [5.41, 5.74) is 2.06. The van der Waals surface area contributed by atoms with Crippen molar-refractivity contribution in [1.29, 1.82) is 0 Å². The number of carbonyl (C=O) groups excluding carboxylic acids is 1. The number of carboxylic acid groups (broad SMARTS) is 1. The number of nitrogens with one attached hydrogen (secondary N) is 1. The van der Waals surface area contributed by atoms with E-state index in [1.54, 1.807) is 18.2 Å². The van der Waals surface area contributed by atoms with Crippen LogP contribution in [0.1, 0.15) is 53.8 Å². The largest absolute Gasteiger partial charge is 0.485 e. The minimum absolute atomic E-state index is 0.0934. The summed E-state index contributed by atoms with van der Waals surface area (Å²) in [6.45, 7) is 5.79. The van der Waals surface area contributed by atoms with Crippen molar-refractivity contribution in [3.05, 3.63) is 97.9 Å². The first-order valence-electron chi connectivity index (χ1n) is 13.9. The van der Waals surface area contributed by atoms with E-state index in [1.807, 2.05) is 5.38 Å². The molecule has 0 aliphatic rings. The van der Waals surface area contributed by atoms with Crippen LogP contribution in [0.2, 0.25) is 10.0 Å². The molecule has 1 aromatic heterocycles. The Kier molecular flexibility index (Phi) is 11.1. The predicted molar refractivity (Wildman–Crippen MR) is 176 cm³/mol. The highest BCUT2D eigenvalue weighted by molar-refractivity contribution is 7.91. The molecule has 238 valence electrons. The molecule has 0 bridgehead atoms. The molecule has 0 radical (unpaired) electrons. The Morgan fingerprint density at radius 3 is 2.38 bits per heavy atom. The van der Waals surface area contributed by atoms with Crippen LogP contribution in [0, 0.1) is 0 Å². The number of nitrogens with zero attached hydrogens (tertiary/aromatic N) is 1. The van der Waals surface area contributed by atoms with Gasteiger partial charge < -0.3 is 19.9 Å². The molecular weight excluding hydrogens is 659 g/mol. The second kappa shape index (κ2) is 14.6. The van der Waals surface area contributed by atoms with Gasteiger partial charge in [-0.2, -0.15) is 0 Å². The summed E-state index contributed by atoms with van der Waals surface area (Å²) in [5.74, 6) is -1.34. The van der Waals surface area contributed by atoms with Crippen molar-refractivity contribution in [3.8, 4) is 11.5 Å². The lowest BCUT2D eigenvalue weighted by Gasteiger charge is -2.15. The number of halogens is 2. The van der Waals surface area contributed by atoms with Gasteiger partial charge >= 0.3 is 5.97 Å². The number of anilines is 1. The first kappa shape index (κ1) is 34.2. The summed E-state index contributed by atoms with van der Waals surface area (Å²) in [4.78, 5) is 29.3. The lowest BCUT2D eigenvalue weighted by molar-refractivity contribution is -0.139. The average molecular weight is 692 g/mol. The van der Waals surface area contributed by atoms with E-state index >= 15 is 0 Å². The smallest absolute Gasteiger partial charge is 0.341 e. The molecule has 9 nitrogen and oxygen atoms in total. The zero-order valence-electron chi connectivity index (χ0n) is 24.8. The highest BCUT2D eigenvalue weighted by atomic mass is 35.5. The van der Waals surface area contributed by atoms with Crippen molar-refractivity contribution >= 4 is 61.9 Å². The van der Waals surface area contributed by atoms with Gasteiger partial charge in [-0.15, -0.1) is 11.3 Å². The maximum absolute atomic E-state index is 13.3. The number of aryl methyl sites for hydroxylation is 1. The molecule has 45 heavy (non-hydrogen) atoms. The average Bonchev–Trinajstić information content (AvgIpc) is 3.46. The zero-order chi connectivity index (χ0) is 32.8. The Bertz CT molecular complexity index is 1780. The molecule has 0 saturated heterocycles. The monoisotopic (exact) mass is 690 g/mol. The molecule has 0 atom stereocenters. The van der Waals surface area contributed by atoms with Gasteiger partial charge in [-0.25, -0.2) is 18.2 Å². The second-order valence-corrected chi connectivity index (χ2v) is 15.0. The van der Waals surface area contributed by atoms with Crippen LogP contribution in [0.5, 0.6) is 11.5 Å². The molecule has 0 fully saturated rings. The standard InChI is InChI=1S/C32H32Cl2N2O7S2/c1-32(2,3)28-19-44-29(36-28)17-42-27-16-21(7-12-24(27)34)31(39)35-25-15-20(6-13-26(25)43-18-30(37)38)5-4-14-45(40,41)23-10-8-22(33)9-11-23/h6-13,15-16,19H,4-5,14,17-18H2,1-3H3,(H,35,39)(H,37,38). The lowest BCUT2D eigenvalue weighted by Crippen LogP contribution is -2.15. The van der Waals surface area contributed by atoms with Gasteiger partial charge in [-0.3, -0.25) is 4.79 Å². The quantitative estimate of drug-likeness (QED) is 0.148. The van der Waals surface area contributed by atoms with Crippen molar-refractivity contribution in [2.75, 3.05) is 17.7 Å². The number of thiazole rings is 1. The van der Waals surface area contributed by atoms with Gasteiger partial charge in [-0.1, -0.05) is 50.0 Å². The van der Waals surface area contributed by atoms with Gasteiger partial charge in [0.25, 0.3) is 5.91 Å². The fourth-order valence-corrected chi connectivity index (χ4v) is 6.67. The minimum Gasteiger partial charge on any atom is -0.485 e. The van der Waals surface area contributed by atoms with Crippen LogP contribution in [-0.2, 0) is 33.1 Å². The van der Waals surface area contributed by atoms with Crippen LogP contribution >= 0.6 is 34.5 Å². The SMILES string of the molecule is CC(C)(C)c1csc(COc2cc(C(=O)Nc3cc(CCCS(=O)(=O)c4ccc(Cl)cc4)ccc3OCC(=O)O)ccc2Cl)n1. The first-order valence-corrected chi connectivity index (χ1v) is 17.1. The number of aliphatic carboxylic acids is 1. The number of hydrogen-bond donors (Lipinski definition) is 2. The van der Waals surface area contributed by atoms with Crippen molar-refractivity contribution in [1.82, 2.24) is 4.98 Å². The summed E-state index contributed by atoms with van der Waals surface area (Å²) in [6.07, 6.45) is 0.684. The fourth-order valence-electron chi connectivity index (χ4n) is 4.13. The third-order valence-corrected chi connectivity index (χ3v) is 9.76. The Hall–Kier alpha value is -3.64. The van der Waals surface area contributed by atoms with Crippen LogP contribution in [0.15, 0.2) is 70.9 Å². The Labute approximate surface area is 276 Å². The molecule has 4 rings (SSSR count). The zero-order valence-corrected chi connectivity index (χ0v) is 27.9. The molecule has 3 aromatic carbocycles. The number of sulfone groups is 1. The van der Waals surface area contributed by atoms with Crippen LogP contribution in [-0.4, -0.2) is 42.7 Å². The van der Waals surface area contributed by atoms with Crippen LogP contribution in [0.4, 0.5) is 5.69 Å². The number of ether oxygens (including phenoxy) is 2. The molecule has 4 aromatic rings. The third kappa shape index (κ3) is 9.67. The number of rotatable bonds is 13. The fraction of sp³-hybridized carbons (Fsp3) is 0.281. The Morgan fingerprint density at radius 1 is 0.978 bits per heavy atom. The van der Waals surface area contributed by atoms with Crippen molar-refractivity contribution in [3.63, 3.8) is 0 Å². The Morgan fingerprint density at radius 2 is 1.71 bits per heavy atom. The summed E-state index contributed by atoms with van der Waals surface area (Å²) in [7, 11) is -3.52. The molecule has 1 amide bonds. The topological polar surface area (TPSA) is 132 Å². The van der Waals surface area contributed by atoms with E-state index in [0.29, 0.717) is 28.6 Å². The van der Waals surface area contributed by atoms with Gasteiger partial charge in [0.2, 0.25) is 0 Å². The Balaban J connectivity index is 1.47. The van der Waals surface area contributed by atoms with Crippen molar-refractivity contribution < 1.29 is 32.6 Å². The van der Waals surface area contributed by atoms with E-state index < -0.39 is 28.3 Å². The van der Waals surface area contributed by atoms with Crippen molar-refractivity contribution in [2.45, 2.75) is 50.5 Å². The number of carboxylic acids is 1. The summed E-state index contributed by atoms with van der Waals surface area (Å²) < 4.78 is 36.8. The number of amides is 1. The highest BCUT2D eigenvalue weighted by Crippen LogP contribution is 2.31. The maximum Gasteiger partial charge on any atom is 0.341 e. The molecule has 13 heteroatoms. The van der Waals surface area contributed by atoms with Gasteiger partial charge in [-0.05, 0) is 73.0 Å². The number of hydrogen-bond acceptors (Lipinski definition) is 8. The van der Waals surface area contributed by atoms with Crippen LogP contribution < -0.4 is 14.8 Å². The maximum atomic E-state index is 13.3. The highest BCUT2D eigenvalue weighted by Gasteiger charge is 2.19. The molecule has 1 heterocycles. The molecule has 0 spiro atoms. The number of benzene rings is 3. The number of aromatic nitrogens is 1. The summed E-state index contributed by atoms with van der Waals surface area (Å²) in [6, 6.07) is 15.5. The molecule has 0 aliphatic heterocycles. The normalized spacial score (nSPS) is 11.7. The van der Waals surface area contributed by atoms with Crippen LogP contribution in [0.25, 0.3) is 0 Å². The predicted octanol–water partition coefficient (Wildman–Crippen LogP) is 7.45. The molecular formula is C32H32Cl2N2O7S2. The molecule has 0 saturated carbocycles. The summed E-state index contributed by atoms with van der Waals surface area (Å²) >= 11 is 13.7. The van der Waals surface area contributed by atoms with Gasteiger partial charge in [0, 0.05) is 21.4 Å². The van der Waals surface area contributed by atoms with E-state index in [9.17, 15) is 18.0 Å². The van der Waals surface area contributed by atoms with Gasteiger partial charge in [0.15, 0.2) is 16.4 Å². The first-order chi connectivity index (χ1) is 21.2. The van der Waals surface area contributed by atoms with E-state index in [1.165, 1.54) is 53.8 Å². The lowest BCUT2D eigenvalue weighted by atomic mass is 9.93. The van der Waals surface area contributed by atoms with E-state index in [4.69, 9.17) is 37.8 Å². The van der Waals surface area contributed by atoms with Gasteiger partial charge in [0.1, 0.15) is 23.1 Å². The minimum atomic E-state index is -3.52. The van der Waals surface area contributed by atoms with Gasteiger partial charge in [0.05, 0.1) is 27.1 Å². The van der Waals surface area contributed by atoms with E-state index in [-0.39, 0.29) is 39.7 Å². The molecule has 2 N–H and O–H groups in total. The number of carbonyl (C=O) groups is 2. The third-order valence-electron chi connectivity index (χ3n) is 6.56. The van der Waals surface area contributed by atoms with Crippen LogP contribution in [0.3, 0.4) is 0 Å². The van der Waals surface area contributed by atoms with E-state index in [0.717, 1.165) is 16.3 Å². The second-order valence-electron chi connectivity index (χ2n) is 11.2. The molecule has 0 unspecified atom stereocenters.